The van der Waals surface area contributed by atoms with Gasteiger partial charge in [-0.05, 0) is 25.0 Å². The molecule has 1 atom stereocenters. The molecular formula is C19H27N3O3. The van der Waals surface area contributed by atoms with Crippen LogP contribution in [0.15, 0.2) is 43.0 Å². The zero-order valence-corrected chi connectivity index (χ0v) is 14.6. The maximum absolute atomic E-state index is 12.6. The zero-order chi connectivity index (χ0) is 17.7. The van der Waals surface area contributed by atoms with Crippen LogP contribution in [0.3, 0.4) is 0 Å². The second kappa shape index (κ2) is 7.99. The fraction of sp³-hybridized carbons (Fsp3) is 0.526. The molecule has 2 heterocycles. The number of para-hydroxylation sites is 1. The Labute approximate surface area is 149 Å². The summed E-state index contributed by atoms with van der Waals surface area (Å²) < 4.78 is 5.30. The van der Waals surface area contributed by atoms with Gasteiger partial charge < -0.3 is 25.0 Å². The highest BCUT2D eigenvalue weighted by molar-refractivity contribution is 5.93. The number of benzene rings is 1. The highest BCUT2D eigenvalue weighted by atomic mass is 16.5. The first-order chi connectivity index (χ1) is 12.2. The molecule has 0 saturated carbocycles. The van der Waals surface area contributed by atoms with Gasteiger partial charge in [0.25, 0.3) is 0 Å². The standard InChI is InChI=1S/C19H27N3O3/c1-2-12-25-14-17(23)13-21-10-8-19(9-11-21)18(24)20-15-22(19)16-6-4-3-5-7-16/h2-7,17,23H,1,8-15H2,(H,20,24). The Balaban J connectivity index is 1.59. The van der Waals surface area contributed by atoms with E-state index in [0.717, 1.165) is 31.6 Å². The molecule has 0 bridgehead atoms. The fourth-order valence-electron chi connectivity index (χ4n) is 3.78. The smallest absolute Gasteiger partial charge is 0.247 e. The van der Waals surface area contributed by atoms with Crippen LogP contribution in [0.4, 0.5) is 5.69 Å². The Bertz CT molecular complexity index is 585. The number of β-amino-alcohol motifs (C(OH)–C–C–N with tert-alkyl or cyclic N) is 1. The van der Waals surface area contributed by atoms with Gasteiger partial charge in [-0.2, -0.15) is 0 Å². The van der Waals surface area contributed by atoms with Gasteiger partial charge >= 0.3 is 0 Å². The first-order valence-electron chi connectivity index (χ1n) is 8.86. The van der Waals surface area contributed by atoms with Crippen LogP contribution in [-0.4, -0.2) is 67.1 Å². The predicted octanol–water partition coefficient (Wildman–Crippen LogP) is 0.978. The topological polar surface area (TPSA) is 65.0 Å². The third-order valence-corrected chi connectivity index (χ3v) is 5.10. The molecule has 3 rings (SSSR count). The van der Waals surface area contributed by atoms with E-state index in [9.17, 15) is 9.90 Å². The number of nitrogens with zero attached hydrogens (tertiary/aromatic N) is 2. The van der Waals surface area contributed by atoms with Gasteiger partial charge in [-0.15, -0.1) is 6.58 Å². The van der Waals surface area contributed by atoms with Crippen LogP contribution in [0.2, 0.25) is 0 Å². The van der Waals surface area contributed by atoms with Gasteiger partial charge in [0.05, 0.1) is 26.0 Å². The lowest BCUT2D eigenvalue weighted by molar-refractivity contribution is -0.125. The van der Waals surface area contributed by atoms with Crippen LogP contribution in [0, 0.1) is 0 Å². The van der Waals surface area contributed by atoms with Crippen LogP contribution in [0.25, 0.3) is 0 Å². The van der Waals surface area contributed by atoms with Crippen molar-refractivity contribution in [1.82, 2.24) is 10.2 Å². The number of ether oxygens (including phenoxy) is 1. The molecule has 1 amide bonds. The Kier molecular flexibility index (Phi) is 5.73. The largest absolute Gasteiger partial charge is 0.389 e. The van der Waals surface area contributed by atoms with Gasteiger partial charge in [0.1, 0.15) is 5.54 Å². The lowest BCUT2D eigenvalue weighted by Gasteiger charge is -2.43. The summed E-state index contributed by atoms with van der Waals surface area (Å²) in [6, 6.07) is 10.1. The minimum absolute atomic E-state index is 0.117. The molecular weight excluding hydrogens is 318 g/mol. The molecule has 136 valence electrons. The molecule has 25 heavy (non-hydrogen) atoms. The van der Waals surface area contributed by atoms with Gasteiger partial charge in [-0.1, -0.05) is 24.3 Å². The molecule has 1 aromatic carbocycles. The van der Waals surface area contributed by atoms with Gasteiger partial charge in [-0.3, -0.25) is 4.79 Å². The monoisotopic (exact) mass is 345 g/mol. The van der Waals surface area contributed by atoms with Gasteiger partial charge in [0, 0.05) is 25.3 Å². The summed E-state index contributed by atoms with van der Waals surface area (Å²) in [7, 11) is 0. The van der Waals surface area contributed by atoms with Crippen molar-refractivity contribution in [2.75, 3.05) is 44.4 Å². The van der Waals surface area contributed by atoms with Crippen molar-refractivity contribution in [3.63, 3.8) is 0 Å². The number of hydrogen-bond donors (Lipinski definition) is 2. The Morgan fingerprint density at radius 2 is 2.04 bits per heavy atom. The first-order valence-corrected chi connectivity index (χ1v) is 8.86. The van der Waals surface area contributed by atoms with E-state index >= 15 is 0 Å². The maximum Gasteiger partial charge on any atom is 0.247 e. The molecule has 2 aliphatic rings. The number of carbonyl (C=O) groups excluding carboxylic acids is 1. The molecule has 2 saturated heterocycles. The van der Waals surface area contributed by atoms with Crippen molar-refractivity contribution >= 4 is 11.6 Å². The summed E-state index contributed by atoms with van der Waals surface area (Å²) in [5.74, 6) is 0.117. The summed E-state index contributed by atoms with van der Waals surface area (Å²) in [6.45, 7) is 7.05. The number of rotatable bonds is 7. The number of likely N-dealkylation sites (tertiary alicyclic amines) is 1. The molecule has 0 aliphatic carbocycles. The van der Waals surface area contributed by atoms with Crippen LogP contribution >= 0.6 is 0 Å². The van der Waals surface area contributed by atoms with Gasteiger partial charge in [-0.25, -0.2) is 0 Å². The number of aliphatic hydroxyl groups is 1. The van der Waals surface area contributed by atoms with E-state index in [1.807, 2.05) is 18.2 Å². The van der Waals surface area contributed by atoms with Gasteiger partial charge in [0.2, 0.25) is 5.91 Å². The average Bonchev–Trinajstić information content (AvgIpc) is 2.94. The predicted molar refractivity (Wildman–Crippen MR) is 97.4 cm³/mol. The lowest BCUT2D eigenvalue weighted by atomic mass is 9.85. The number of amides is 1. The lowest BCUT2D eigenvalue weighted by Crippen LogP contribution is -2.57. The highest BCUT2D eigenvalue weighted by Crippen LogP contribution is 2.36. The van der Waals surface area contributed by atoms with Crippen molar-refractivity contribution in [2.24, 2.45) is 0 Å². The van der Waals surface area contributed by atoms with E-state index in [1.54, 1.807) is 6.08 Å². The summed E-state index contributed by atoms with van der Waals surface area (Å²) in [4.78, 5) is 17.0. The van der Waals surface area contributed by atoms with Crippen molar-refractivity contribution in [2.45, 2.75) is 24.5 Å². The Morgan fingerprint density at radius 3 is 2.72 bits per heavy atom. The van der Waals surface area contributed by atoms with Crippen molar-refractivity contribution in [3.8, 4) is 0 Å². The fourth-order valence-corrected chi connectivity index (χ4v) is 3.78. The summed E-state index contributed by atoms with van der Waals surface area (Å²) in [5.41, 5.74) is 0.606. The van der Waals surface area contributed by atoms with Crippen LogP contribution in [0.5, 0.6) is 0 Å². The number of aliphatic hydroxyl groups excluding tert-OH is 1. The molecule has 6 nitrogen and oxygen atoms in total. The summed E-state index contributed by atoms with van der Waals surface area (Å²) >= 11 is 0. The summed E-state index contributed by atoms with van der Waals surface area (Å²) in [6.07, 6.45) is 2.67. The number of anilines is 1. The molecule has 1 spiro atoms. The number of carbonyl (C=O) groups is 1. The van der Waals surface area contributed by atoms with E-state index < -0.39 is 11.6 Å². The summed E-state index contributed by atoms with van der Waals surface area (Å²) in [5, 5.41) is 13.1. The number of nitrogens with one attached hydrogen (secondary N) is 1. The minimum atomic E-state index is -0.517. The third-order valence-electron chi connectivity index (χ3n) is 5.10. The minimum Gasteiger partial charge on any atom is -0.389 e. The number of piperidine rings is 1. The molecule has 0 aromatic heterocycles. The van der Waals surface area contributed by atoms with Crippen LogP contribution in [0.1, 0.15) is 12.8 Å². The van der Waals surface area contributed by atoms with Crippen LogP contribution in [-0.2, 0) is 9.53 Å². The molecule has 0 radical (unpaired) electrons. The van der Waals surface area contributed by atoms with E-state index in [1.165, 1.54) is 0 Å². The molecule has 2 N–H and O–H groups in total. The third kappa shape index (κ3) is 3.86. The quantitative estimate of drug-likeness (QED) is 0.570. The Morgan fingerprint density at radius 1 is 1.32 bits per heavy atom. The van der Waals surface area contributed by atoms with E-state index in [0.29, 0.717) is 26.4 Å². The van der Waals surface area contributed by atoms with Crippen molar-refractivity contribution in [1.29, 1.82) is 0 Å². The van der Waals surface area contributed by atoms with E-state index in [4.69, 9.17) is 4.74 Å². The molecule has 2 aliphatic heterocycles. The van der Waals surface area contributed by atoms with Crippen LogP contribution < -0.4 is 10.2 Å². The number of hydrogen-bond acceptors (Lipinski definition) is 5. The average molecular weight is 345 g/mol. The normalized spacial score (nSPS) is 21.3. The Hall–Kier alpha value is -1.89. The molecule has 6 heteroatoms. The molecule has 1 unspecified atom stereocenters. The maximum atomic E-state index is 12.6. The second-order valence-electron chi connectivity index (χ2n) is 6.74. The van der Waals surface area contributed by atoms with Gasteiger partial charge in [0.15, 0.2) is 0 Å². The van der Waals surface area contributed by atoms with Crippen molar-refractivity contribution in [3.05, 3.63) is 43.0 Å². The highest BCUT2D eigenvalue weighted by Gasteiger charge is 2.50. The SMILES string of the molecule is C=CCOCC(O)CN1CCC2(CC1)C(=O)NCN2c1ccccc1. The molecule has 1 aromatic rings. The van der Waals surface area contributed by atoms with E-state index in [2.05, 4.69) is 33.8 Å². The molecule has 2 fully saturated rings. The zero-order valence-electron chi connectivity index (χ0n) is 14.6. The second-order valence-corrected chi connectivity index (χ2v) is 6.74. The van der Waals surface area contributed by atoms with Crippen molar-refractivity contribution < 1.29 is 14.6 Å². The van der Waals surface area contributed by atoms with E-state index in [-0.39, 0.29) is 5.91 Å². The first kappa shape index (κ1) is 17.9.